The van der Waals surface area contributed by atoms with Crippen molar-refractivity contribution in [3.05, 3.63) is 79.7 Å². The topological polar surface area (TPSA) is 108 Å². The predicted octanol–water partition coefficient (Wildman–Crippen LogP) is 3.87. The summed E-state index contributed by atoms with van der Waals surface area (Å²) < 4.78 is 0. The van der Waals surface area contributed by atoms with E-state index in [2.05, 4.69) is 21.6 Å². The molecule has 25 heavy (non-hydrogen) atoms. The van der Waals surface area contributed by atoms with E-state index in [-0.39, 0.29) is 5.69 Å². The van der Waals surface area contributed by atoms with Crippen LogP contribution in [0.25, 0.3) is 5.70 Å². The number of H-pyrrole nitrogens is 1. The van der Waals surface area contributed by atoms with E-state index < -0.39 is 10.8 Å². The number of benzene rings is 1. The molecule has 122 valence electrons. The van der Waals surface area contributed by atoms with E-state index in [4.69, 9.17) is 0 Å². The number of aromatic amines is 1. The number of fused-ring (bicyclic) bond motifs is 1. The predicted molar refractivity (Wildman–Crippen MR) is 94.0 cm³/mol. The summed E-state index contributed by atoms with van der Waals surface area (Å²) in [6.45, 7) is 0. The number of nitrogens with one attached hydrogen (secondary N) is 2. The van der Waals surface area contributed by atoms with Crippen LogP contribution in [0.2, 0.25) is 0 Å². The number of hydrogen-bond acceptors (Lipinski definition) is 6. The van der Waals surface area contributed by atoms with Gasteiger partial charge in [-0.3, -0.25) is 15.2 Å². The van der Waals surface area contributed by atoms with E-state index in [0.29, 0.717) is 28.2 Å². The van der Waals surface area contributed by atoms with Crippen LogP contribution in [0.1, 0.15) is 21.9 Å². The Bertz CT molecular complexity index is 1030. The van der Waals surface area contributed by atoms with Crippen LogP contribution < -0.4 is 5.32 Å². The van der Waals surface area contributed by atoms with Gasteiger partial charge in [0.1, 0.15) is 0 Å². The molecule has 0 amide bonds. The van der Waals surface area contributed by atoms with Gasteiger partial charge in [-0.05, 0) is 11.4 Å². The summed E-state index contributed by atoms with van der Waals surface area (Å²) >= 11 is 1.49. The van der Waals surface area contributed by atoms with Crippen molar-refractivity contribution < 1.29 is 4.92 Å². The van der Waals surface area contributed by atoms with Crippen molar-refractivity contribution in [3.8, 4) is 6.07 Å². The van der Waals surface area contributed by atoms with Crippen LogP contribution in [0.15, 0.2) is 53.5 Å². The second-order valence-corrected chi connectivity index (χ2v) is 6.39. The van der Waals surface area contributed by atoms with Crippen LogP contribution in [0, 0.1) is 21.4 Å². The van der Waals surface area contributed by atoms with Gasteiger partial charge in [-0.25, -0.2) is 0 Å². The van der Waals surface area contributed by atoms with Gasteiger partial charge in [0.25, 0.3) is 5.69 Å². The van der Waals surface area contributed by atoms with Crippen molar-refractivity contribution >= 4 is 28.5 Å². The van der Waals surface area contributed by atoms with E-state index in [9.17, 15) is 15.4 Å². The quantitative estimate of drug-likeness (QED) is 0.551. The van der Waals surface area contributed by atoms with E-state index in [1.54, 1.807) is 24.4 Å². The molecule has 3 aromatic rings. The molecular formula is C17H11N5O2S. The molecule has 1 aliphatic heterocycles. The van der Waals surface area contributed by atoms with E-state index >= 15 is 0 Å². The lowest BCUT2D eigenvalue weighted by atomic mass is 9.82. The zero-order chi connectivity index (χ0) is 17.4. The Kier molecular flexibility index (Phi) is 3.56. The highest BCUT2D eigenvalue weighted by atomic mass is 32.1. The second-order valence-electron chi connectivity index (χ2n) is 5.44. The Labute approximate surface area is 146 Å². The maximum Gasteiger partial charge on any atom is 0.273 e. The third kappa shape index (κ3) is 2.38. The minimum atomic E-state index is -0.557. The van der Waals surface area contributed by atoms with Gasteiger partial charge in [0, 0.05) is 23.4 Å². The minimum Gasteiger partial charge on any atom is -0.336 e. The first-order valence-corrected chi connectivity index (χ1v) is 8.31. The highest BCUT2D eigenvalue weighted by molar-refractivity contribution is 7.11. The first-order valence-electron chi connectivity index (χ1n) is 7.43. The number of rotatable bonds is 3. The molecule has 0 aliphatic carbocycles. The molecule has 1 aromatic carbocycles. The number of allylic oxidation sites excluding steroid dienone is 1. The number of aromatic nitrogens is 2. The first-order chi connectivity index (χ1) is 12.2. The van der Waals surface area contributed by atoms with Crippen molar-refractivity contribution in [1.29, 1.82) is 5.26 Å². The Morgan fingerprint density at radius 2 is 2.08 bits per heavy atom. The Morgan fingerprint density at radius 3 is 2.80 bits per heavy atom. The number of nitro groups is 1. The van der Waals surface area contributed by atoms with Gasteiger partial charge >= 0.3 is 0 Å². The number of thiophene rings is 1. The average Bonchev–Trinajstić information content (AvgIpc) is 3.31. The zero-order valence-electron chi connectivity index (χ0n) is 12.8. The van der Waals surface area contributed by atoms with Gasteiger partial charge in [-0.1, -0.05) is 24.3 Å². The summed E-state index contributed by atoms with van der Waals surface area (Å²) in [6.07, 6.45) is 1.67. The van der Waals surface area contributed by atoms with Crippen LogP contribution in [0.5, 0.6) is 0 Å². The normalized spacial score (nSPS) is 16.0. The largest absolute Gasteiger partial charge is 0.336 e. The summed E-state index contributed by atoms with van der Waals surface area (Å²) in [7, 11) is 0. The van der Waals surface area contributed by atoms with Gasteiger partial charge in [-0.15, -0.1) is 11.3 Å². The summed E-state index contributed by atoms with van der Waals surface area (Å²) in [5.74, 6) is 0.0178. The molecule has 4 rings (SSSR count). The van der Waals surface area contributed by atoms with Crippen LogP contribution in [-0.4, -0.2) is 15.1 Å². The Balaban J connectivity index is 2.00. The fourth-order valence-electron chi connectivity index (χ4n) is 3.06. The number of hydrogen-bond donors (Lipinski definition) is 2. The standard InChI is InChI=1S/C17H11N5O2S/c18-8-11-15(10-4-1-2-5-13(10)22(23)24)12-9-19-21-17(12)20-16(11)14-6-3-7-25-14/h1-7,9,15H,(H2,19,20,21). The monoisotopic (exact) mass is 349 g/mol. The summed E-state index contributed by atoms with van der Waals surface area (Å²) in [4.78, 5) is 12.0. The molecule has 0 radical (unpaired) electrons. The molecule has 7 nitrogen and oxygen atoms in total. The molecule has 2 aromatic heterocycles. The maximum atomic E-state index is 11.5. The fraction of sp³-hybridized carbons (Fsp3) is 0.0588. The Hall–Kier alpha value is -3.44. The molecule has 2 N–H and O–H groups in total. The van der Waals surface area contributed by atoms with Crippen molar-refractivity contribution in [1.82, 2.24) is 10.2 Å². The maximum absolute atomic E-state index is 11.5. The van der Waals surface area contributed by atoms with E-state index in [0.717, 1.165) is 4.88 Å². The van der Waals surface area contributed by atoms with Gasteiger partial charge in [0.2, 0.25) is 0 Å². The van der Waals surface area contributed by atoms with Crippen molar-refractivity contribution in [2.75, 3.05) is 5.32 Å². The number of nitro benzene ring substituents is 1. The zero-order valence-corrected chi connectivity index (χ0v) is 13.6. The smallest absolute Gasteiger partial charge is 0.273 e. The van der Waals surface area contributed by atoms with Crippen molar-refractivity contribution in [2.24, 2.45) is 0 Å². The van der Waals surface area contributed by atoms with Crippen LogP contribution in [0.4, 0.5) is 11.5 Å². The molecule has 1 aliphatic rings. The molecule has 8 heteroatoms. The van der Waals surface area contributed by atoms with E-state index in [1.165, 1.54) is 17.4 Å². The van der Waals surface area contributed by atoms with Crippen molar-refractivity contribution in [3.63, 3.8) is 0 Å². The minimum absolute atomic E-state index is 0.0140. The highest BCUT2D eigenvalue weighted by Crippen LogP contribution is 2.45. The first kappa shape index (κ1) is 15.1. The number of nitriles is 1. The van der Waals surface area contributed by atoms with E-state index in [1.807, 2.05) is 17.5 Å². The summed E-state index contributed by atoms with van der Waals surface area (Å²) in [5.41, 5.74) is 2.25. The lowest BCUT2D eigenvalue weighted by Gasteiger charge is -2.25. The van der Waals surface area contributed by atoms with Gasteiger partial charge in [0.15, 0.2) is 5.82 Å². The molecule has 0 bridgehead atoms. The van der Waals surface area contributed by atoms with Gasteiger partial charge in [0.05, 0.1) is 33.1 Å². The lowest BCUT2D eigenvalue weighted by molar-refractivity contribution is -0.385. The number of nitrogens with zero attached hydrogens (tertiary/aromatic N) is 3. The average molecular weight is 349 g/mol. The van der Waals surface area contributed by atoms with Gasteiger partial charge < -0.3 is 5.32 Å². The summed E-state index contributed by atoms with van der Waals surface area (Å²) in [5, 5.41) is 33.4. The molecular weight excluding hydrogens is 338 g/mol. The Morgan fingerprint density at radius 1 is 1.24 bits per heavy atom. The molecule has 1 atom stereocenters. The lowest BCUT2D eigenvalue weighted by Crippen LogP contribution is -2.17. The molecule has 0 saturated carbocycles. The molecule has 1 unspecified atom stereocenters. The van der Waals surface area contributed by atoms with Crippen LogP contribution in [0.3, 0.4) is 0 Å². The molecule has 0 spiro atoms. The molecule has 0 saturated heterocycles. The highest BCUT2D eigenvalue weighted by Gasteiger charge is 2.35. The molecule has 3 heterocycles. The SMILES string of the molecule is N#CC1=C(c2cccs2)Nc2n[nH]cc2C1c1ccccc1[N+](=O)[O-]. The molecule has 0 fully saturated rings. The third-order valence-corrected chi connectivity index (χ3v) is 5.00. The number of anilines is 1. The third-order valence-electron chi connectivity index (χ3n) is 4.11. The fourth-order valence-corrected chi connectivity index (χ4v) is 3.80. The van der Waals surface area contributed by atoms with Crippen molar-refractivity contribution in [2.45, 2.75) is 5.92 Å². The van der Waals surface area contributed by atoms with Crippen LogP contribution >= 0.6 is 11.3 Å². The van der Waals surface area contributed by atoms with Crippen LogP contribution in [-0.2, 0) is 0 Å². The number of para-hydroxylation sites is 1. The summed E-state index contributed by atoms with van der Waals surface area (Å²) in [6, 6.07) is 12.5. The second kappa shape index (κ2) is 5.89. The van der Waals surface area contributed by atoms with Gasteiger partial charge in [-0.2, -0.15) is 10.4 Å².